The summed E-state index contributed by atoms with van der Waals surface area (Å²) in [4.78, 5) is 0. The first kappa shape index (κ1) is 9.31. The van der Waals surface area contributed by atoms with Crippen molar-refractivity contribution in [3.05, 3.63) is 27.5 Å². The van der Waals surface area contributed by atoms with E-state index >= 15 is 0 Å². The molecule has 1 aromatic heterocycles. The second-order valence-electron chi connectivity index (χ2n) is 2.76. The third-order valence-corrected chi connectivity index (χ3v) is 3.91. The molecule has 13 heavy (non-hydrogen) atoms. The summed E-state index contributed by atoms with van der Waals surface area (Å²) in [5, 5.41) is 3.06. The van der Waals surface area contributed by atoms with Crippen LogP contribution in [-0.4, -0.2) is 0 Å². The summed E-state index contributed by atoms with van der Waals surface area (Å²) >= 11 is 10.9. The molecule has 4 heteroatoms. The Balaban J connectivity index is 2.76. The summed E-state index contributed by atoms with van der Waals surface area (Å²) in [5.74, 6) is 0.522. The molecule has 0 saturated heterocycles. The molecule has 0 fully saturated rings. The Morgan fingerprint density at radius 2 is 2.23 bits per heavy atom. The SMILES string of the molecule is Nc1csc2cc(CCl)c(Br)cc12. The number of alkyl halides is 1. The lowest BCUT2D eigenvalue weighted by molar-refractivity contribution is 1.40. The maximum Gasteiger partial charge on any atom is 0.0503 e. The van der Waals surface area contributed by atoms with Gasteiger partial charge in [-0.3, -0.25) is 0 Å². The number of hydrogen-bond acceptors (Lipinski definition) is 2. The maximum absolute atomic E-state index is 5.79. The van der Waals surface area contributed by atoms with Gasteiger partial charge in [-0.15, -0.1) is 22.9 Å². The number of anilines is 1. The van der Waals surface area contributed by atoms with Crippen LogP contribution in [0.3, 0.4) is 0 Å². The van der Waals surface area contributed by atoms with Crippen molar-refractivity contribution < 1.29 is 0 Å². The molecule has 68 valence electrons. The highest BCUT2D eigenvalue weighted by atomic mass is 79.9. The van der Waals surface area contributed by atoms with E-state index < -0.39 is 0 Å². The highest BCUT2D eigenvalue weighted by Crippen LogP contribution is 2.33. The van der Waals surface area contributed by atoms with Crippen LogP contribution in [0.1, 0.15) is 5.56 Å². The zero-order valence-corrected chi connectivity index (χ0v) is 9.84. The van der Waals surface area contributed by atoms with Crippen LogP contribution in [-0.2, 0) is 5.88 Å². The van der Waals surface area contributed by atoms with Gasteiger partial charge in [-0.05, 0) is 17.7 Å². The van der Waals surface area contributed by atoms with Crippen LogP contribution in [0.2, 0.25) is 0 Å². The predicted molar refractivity (Wildman–Crippen MR) is 63.5 cm³/mol. The van der Waals surface area contributed by atoms with Crippen molar-refractivity contribution in [3.63, 3.8) is 0 Å². The molecule has 0 aliphatic carbocycles. The van der Waals surface area contributed by atoms with Crippen molar-refractivity contribution in [1.82, 2.24) is 0 Å². The molecule has 0 unspecified atom stereocenters. The Morgan fingerprint density at radius 1 is 1.46 bits per heavy atom. The molecule has 2 aromatic rings. The number of hydrogen-bond donors (Lipinski definition) is 1. The highest BCUT2D eigenvalue weighted by molar-refractivity contribution is 9.10. The van der Waals surface area contributed by atoms with Crippen LogP contribution in [0, 0.1) is 0 Å². The summed E-state index contributed by atoms with van der Waals surface area (Å²) < 4.78 is 2.22. The van der Waals surface area contributed by atoms with E-state index in [4.69, 9.17) is 17.3 Å². The molecule has 1 heterocycles. The quantitative estimate of drug-likeness (QED) is 0.783. The molecule has 0 amide bonds. The van der Waals surface area contributed by atoms with Gasteiger partial charge in [-0.25, -0.2) is 0 Å². The average Bonchev–Trinajstić information content (AvgIpc) is 2.47. The fraction of sp³-hybridized carbons (Fsp3) is 0.111. The van der Waals surface area contributed by atoms with E-state index in [1.807, 2.05) is 11.4 Å². The third kappa shape index (κ3) is 1.56. The van der Waals surface area contributed by atoms with Gasteiger partial charge in [0.1, 0.15) is 0 Å². The van der Waals surface area contributed by atoms with Crippen molar-refractivity contribution in [2.24, 2.45) is 0 Å². The van der Waals surface area contributed by atoms with Gasteiger partial charge < -0.3 is 5.73 Å². The van der Waals surface area contributed by atoms with Crippen molar-refractivity contribution in [2.75, 3.05) is 5.73 Å². The van der Waals surface area contributed by atoms with E-state index in [-0.39, 0.29) is 0 Å². The minimum Gasteiger partial charge on any atom is -0.398 e. The summed E-state index contributed by atoms with van der Waals surface area (Å²) in [5.41, 5.74) is 7.74. The van der Waals surface area contributed by atoms with Crippen LogP contribution >= 0.6 is 38.9 Å². The lowest BCUT2D eigenvalue weighted by atomic mass is 10.2. The summed E-state index contributed by atoms with van der Waals surface area (Å²) in [6, 6.07) is 4.10. The minimum absolute atomic E-state index is 0.522. The second kappa shape index (κ2) is 3.48. The molecular formula is C9H7BrClNS. The van der Waals surface area contributed by atoms with E-state index in [0.717, 1.165) is 21.1 Å². The standard InChI is InChI=1S/C9H7BrClNS/c10-7-2-6-8(12)4-13-9(6)1-5(7)3-11/h1-2,4H,3,12H2. The Kier molecular flexibility index (Phi) is 2.49. The number of rotatable bonds is 1. The smallest absolute Gasteiger partial charge is 0.0503 e. The number of fused-ring (bicyclic) bond motifs is 1. The molecule has 0 atom stereocenters. The Bertz CT molecular complexity index is 452. The molecule has 0 spiro atoms. The fourth-order valence-electron chi connectivity index (χ4n) is 1.21. The summed E-state index contributed by atoms with van der Waals surface area (Å²) in [6.45, 7) is 0. The van der Waals surface area contributed by atoms with Crippen molar-refractivity contribution in [3.8, 4) is 0 Å². The molecule has 1 nitrogen and oxygen atoms in total. The van der Waals surface area contributed by atoms with Gasteiger partial charge in [-0.1, -0.05) is 15.9 Å². The van der Waals surface area contributed by atoms with Crippen LogP contribution in [0.25, 0.3) is 10.1 Å². The zero-order valence-electron chi connectivity index (χ0n) is 6.68. The van der Waals surface area contributed by atoms with Gasteiger partial charge in [0.25, 0.3) is 0 Å². The first-order valence-corrected chi connectivity index (χ1v) is 5.94. The largest absolute Gasteiger partial charge is 0.398 e. The molecule has 0 aliphatic rings. The van der Waals surface area contributed by atoms with Gasteiger partial charge in [-0.2, -0.15) is 0 Å². The average molecular weight is 277 g/mol. The number of halogens is 2. The van der Waals surface area contributed by atoms with Gasteiger partial charge in [0, 0.05) is 25.8 Å². The maximum atomic E-state index is 5.79. The Labute approximate surface area is 93.6 Å². The molecular weight excluding hydrogens is 270 g/mol. The van der Waals surface area contributed by atoms with Crippen molar-refractivity contribution >= 4 is 54.6 Å². The normalized spacial score (nSPS) is 10.9. The monoisotopic (exact) mass is 275 g/mol. The minimum atomic E-state index is 0.522. The topological polar surface area (TPSA) is 26.0 Å². The summed E-state index contributed by atoms with van der Waals surface area (Å²) in [7, 11) is 0. The fourth-order valence-corrected chi connectivity index (χ4v) is 2.97. The summed E-state index contributed by atoms with van der Waals surface area (Å²) in [6.07, 6.45) is 0. The van der Waals surface area contributed by atoms with Gasteiger partial charge >= 0.3 is 0 Å². The molecule has 0 aliphatic heterocycles. The van der Waals surface area contributed by atoms with Gasteiger partial charge in [0.15, 0.2) is 0 Å². The van der Waals surface area contributed by atoms with E-state index in [1.54, 1.807) is 11.3 Å². The number of nitrogens with two attached hydrogens (primary N) is 1. The predicted octanol–water partition coefficient (Wildman–Crippen LogP) is 3.98. The molecule has 0 saturated carbocycles. The molecule has 1 aromatic carbocycles. The highest BCUT2D eigenvalue weighted by Gasteiger charge is 2.05. The second-order valence-corrected chi connectivity index (χ2v) is 4.80. The van der Waals surface area contributed by atoms with Gasteiger partial charge in [0.2, 0.25) is 0 Å². The molecule has 2 N–H and O–H groups in total. The van der Waals surface area contributed by atoms with E-state index in [1.165, 1.54) is 4.70 Å². The zero-order chi connectivity index (χ0) is 9.42. The molecule has 2 rings (SSSR count). The lowest BCUT2D eigenvalue weighted by Crippen LogP contribution is -1.83. The van der Waals surface area contributed by atoms with Crippen LogP contribution in [0.4, 0.5) is 5.69 Å². The number of thiophene rings is 1. The third-order valence-electron chi connectivity index (χ3n) is 1.92. The first-order chi connectivity index (χ1) is 6.22. The van der Waals surface area contributed by atoms with E-state index in [9.17, 15) is 0 Å². The van der Waals surface area contributed by atoms with Crippen molar-refractivity contribution in [2.45, 2.75) is 5.88 Å². The molecule has 0 bridgehead atoms. The van der Waals surface area contributed by atoms with E-state index in [2.05, 4.69) is 22.0 Å². The van der Waals surface area contributed by atoms with Crippen LogP contribution in [0.5, 0.6) is 0 Å². The number of nitrogen functional groups attached to an aromatic ring is 1. The van der Waals surface area contributed by atoms with Crippen LogP contribution in [0.15, 0.2) is 22.0 Å². The van der Waals surface area contributed by atoms with Gasteiger partial charge in [0.05, 0.1) is 5.69 Å². The Hall–Kier alpha value is -0.250. The molecule has 0 radical (unpaired) electrons. The van der Waals surface area contributed by atoms with E-state index in [0.29, 0.717) is 5.88 Å². The first-order valence-electron chi connectivity index (χ1n) is 3.73. The Morgan fingerprint density at radius 3 is 2.92 bits per heavy atom. The van der Waals surface area contributed by atoms with Crippen molar-refractivity contribution in [1.29, 1.82) is 0 Å². The lowest BCUT2D eigenvalue weighted by Gasteiger charge is -2.00. The number of benzene rings is 1. The van der Waals surface area contributed by atoms with Crippen LogP contribution < -0.4 is 5.73 Å².